The van der Waals surface area contributed by atoms with Crippen LogP contribution in [0.1, 0.15) is 133 Å². The van der Waals surface area contributed by atoms with Gasteiger partial charge in [0.1, 0.15) is 17.3 Å². The Balaban J connectivity index is 1.13. The fourth-order valence-corrected chi connectivity index (χ4v) is 11.6. The quantitative estimate of drug-likeness (QED) is 0.115. The predicted molar refractivity (Wildman–Crippen MR) is 325 cm³/mol. The molecule has 0 N–H and O–H groups in total. The minimum atomic E-state index is -0.421. The fraction of sp³-hybridized carbons (Fsp3) is 0.236. The third-order valence-electron chi connectivity index (χ3n) is 16.2. The van der Waals surface area contributed by atoms with E-state index in [9.17, 15) is 0 Å². The van der Waals surface area contributed by atoms with Gasteiger partial charge in [-0.1, -0.05) is 216 Å². The van der Waals surface area contributed by atoms with Crippen LogP contribution in [0, 0.1) is 0 Å². The second kappa shape index (κ2) is 20.1. The van der Waals surface area contributed by atoms with Gasteiger partial charge < -0.3 is 14.5 Å². The maximum absolute atomic E-state index is 7.53. The van der Waals surface area contributed by atoms with E-state index in [4.69, 9.17) is 9.72 Å². The Labute approximate surface area is 457 Å². The summed E-state index contributed by atoms with van der Waals surface area (Å²) in [4.78, 5) is 10.0. The molecular formula is C72H72N4O. The van der Waals surface area contributed by atoms with Crippen molar-refractivity contribution in [2.45, 2.75) is 104 Å². The summed E-state index contributed by atoms with van der Waals surface area (Å²) in [6.45, 7) is 26.0. The van der Waals surface area contributed by atoms with Gasteiger partial charge in [0.25, 0.3) is 0 Å². The molecule has 2 aromatic heterocycles. The molecular weight excluding hydrogens is 937 g/mol. The first kappa shape index (κ1) is 51.0. The Morgan fingerprint density at radius 3 is 1.74 bits per heavy atom. The highest BCUT2D eigenvalue weighted by Gasteiger charge is 2.32. The highest BCUT2D eigenvalue weighted by atomic mass is 16.5. The number of anilines is 2. The number of rotatable bonds is 13. The number of benzene rings is 8. The van der Waals surface area contributed by atoms with E-state index >= 15 is 0 Å². The van der Waals surface area contributed by atoms with E-state index in [1.807, 2.05) is 6.20 Å². The minimum absolute atomic E-state index is 0.00205. The fourth-order valence-electron chi connectivity index (χ4n) is 11.6. The largest absolute Gasteiger partial charge is 0.457 e. The molecule has 10 aromatic rings. The summed E-state index contributed by atoms with van der Waals surface area (Å²) in [6.07, 6.45) is 4.29. The van der Waals surface area contributed by atoms with Gasteiger partial charge in [0.15, 0.2) is 0 Å². The molecule has 0 saturated carbocycles. The molecule has 1 aliphatic heterocycles. The monoisotopic (exact) mass is 1010 g/mol. The molecule has 11 rings (SSSR count). The van der Waals surface area contributed by atoms with Crippen molar-refractivity contribution in [2.24, 2.45) is 0 Å². The molecule has 3 heterocycles. The summed E-state index contributed by atoms with van der Waals surface area (Å²) in [5.41, 5.74) is 17.2. The molecule has 5 nitrogen and oxygen atoms in total. The maximum Gasteiger partial charge on any atom is 0.137 e. The van der Waals surface area contributed by atoms with Crippen LogP contribution in [0.4, 0.5) is 11.4 Å². The topological polar surface area (TPSA) is 33.5 Å². The van der Waals surface area contributed by atoms with Crippen molar-refractivity contribution in [1.29, 1.82) is 0 Å². The first-order chi connectivity index (χ1) is 37.0. The lowest BCUT2D eigenvalue weighted by Crippen LogP contribution is -2.26. The van der Waals surface area contributed by atoms with Gasteiger partial charge >= 0.3 is 0 Å². The van der Waals surface area contributed by atoms with E-state index in [0.717, 1.165) is 56.5 Å². The third kappa shape index (κ3) is 9.62. The van der Waals surface area contributed by atoms with Gasteiger partial charge in [-0.25, -0.2) is 4.98 Å². The molecule has 0 unspecified atom stereocenters. The van der Waals surface area contributed by atoms with Crippen LogP contribution in [0.25, 0.3) is 44.4 Å². The molecule has 0 fully saturated rings. The Bertz CT molecular complexity index is 3770. The number of aromatic nitrogens is 2. The summed E-state index contributed by atoms with van der Waals surface area (Å²) >= 11 is 0. The van der Waals surface area contributed by atoms with Gasteiger partial charge in [-0.05, 0) is 121 Å². The summed E-state index contributed by atoms with van der Waals surface area (Å²) in [7, 11) is 0. The van der Waals surface area contributed by atoms with Crippen LogP contribution in [-0.4, -0.2) is 16.2 Å². The van der Waals surface area contributed by atoms with Crippen LogP contribution in [0.15, 0.2) is 213 Å². The second-order valence-electron chi connectivity index (χ2n) is 23.8. The highest BCUT2D eigenvalue weighted by molar-refractivity contribution is 6.12. The maximum atomic E-state index is 7.53. The number of hydrogen-bond acceptors (Lipinski definition) is 4. The van der Waals surface area contributed by atoms with E-state index < -0.39 is 5.41 Å². The SMILES string of the molecule is CC(C)c1cccc(C(C)C)c1-c1cc(Oc2cc(C(C)(C)c3ccccc3)c3c4ccccc4n(-c4cc(C(C)(C)c5ccccc5)ccn4)c3c2)cc(N2C=C(c3ccccc3)N(c3cccc(C(C)(C)C)c3)C2)c1. The van der Waals surface area contributed by atoms with Crippen LogP contribution in [-0.2, 0) is 16.2 Å². The van der Waals surface area contributed by atoms with Crippen LogP contribution < -0.4 is 14.5 Å². The van der Waals surface area contributed by atoms with Crippen molar-refractivity contribution in [3.8, 4) is 28.4 Å². The summed E-state index contributed by atoms with van der Waals surface area (Å²) in [5, 5.41) is 2.36. The van der Waals surface area contributed by atoms with Crippen molar-refractivity contribution in [3.63, 3.8) is 0 Å². The van der Waals surface area contributed by atoms with Crippen LogP contribution >= 0.6 is 0 Å². The van der Waals surface area contributed by atoms with E-state index in [1.165, 1.54) is 55.3 Å². The predicted octanol–water partition coefficient (Wildman–Crippen LogP) is 19.1. The van der Waals surface area contributed by atoms with Gasteiger partial charge in [0.05, 0.1) is 23.4 Å². The second-order valence-corrected chi connectivity index (χ2v) is 23.8. The number of fused-ring (bicyclic) bond motifs is 3. The van der Waals surface area contributed by atoms with Crippen molar-refractivity contribution >= 4 is 38.9 Å². The number of hydrogen-bond donors (Lipinski definition) is 0. The van der Waals surface area contributed by atoms with E-state index in [0.29, 0.717) is 18.5 Å². The van der Waals surface area contributed by atoms with Crippen LogP contribution in [0.2, 0.25) is 0 Å². The molecule has 0 radical (unpaired) electrons. The van der Waals surface area contributed by atoms with Crippen molar-refractivity contribution in [1.82, 2.24) is 9.55 Å². The molecule has 0 atom stereocenters. The first-order valence-electron chi connectivity index (χ1n) is 27.5. The molecule has 77 heavy (non-hydrogen) atoms. The van der Waals surface area contributed by atoms with Crippen LogP contribution in [0.3, 0.4) is 0 Å². The van der Waals surface area contributed by atoms with Gasteiger partial charge in [0.2, 0.25) is 0 Å². The Morgan fingerprint density at radius 2 is 1.08 bits per heavy atom. The van der Waals surface area contributed by atoms with Gasteiger partial charge in [0, 0.05) is 57.5 Å². The molecule has 5 heteroatoms. The van der Waals surface area contributed by atoms with E-state index in [-0.39, 0.29) is 10.8 Å². The minimum Gasteiger partial charge on any atom is -0.457 e. The Morgan fingerprint density at radius 1 is 0.481 bits per heavy atom. The highest BCUT2D eigenvalue weighted by Crippen LogP contribution is 2.47. The number of pyridine rings is 1. The van der Waals surface area contributed by atoms with Crippen molar-refractivity contribution < 1.29 is 4.74 Å². The summed E-state index contributed by atoms with van der Waals surface area (Å²) < 4.78 is 9.88. The molecule has 386 valence electrons. The van der Waals surface area contributed by atoms with Gasteiger partial charge in [-0.3, -0.25) is 4.57 Å². The van der Waals surface area contributed by atoms with Gasteiger partial charge in [-0.2, -0.15) is 0 Å². The molecule has 0 amide bonds. The number of ether oxygens (including phenoxy) is 1. The number of nitrogens with zero attached hydrogens (tertiary/aromatic N) is 4. The molecule has 8 aromatic carbocycles. The summed E-state index contributed by atoms with van der Waals surface area (Å²) in [5.74, 6) is 2.99. The van der Waals surface area contributed by atoms with Crippen LogP contribution in [0.5, 0.6) is 11.5 Å². The van der Waals surface area contributed by atoms with Crippen molar-refractivity contribution in [2.75, 3.05) is 16.5 Å². The van der Waals surface area contributed by atoms with Gasteiger partial charge in [-0.15, -0.1) is 0 Å². The number of para-hydroxylation sites is 1. The Hall–Kier alpha value is -8.15. The zero-order valence-electron chi connectivity index (χ0n) is 46.8. The van der Waals surface area contributed by atoms with E-state index in [2.05, 4.69) is 297 Å². The molecule has 0 bridgehead atoms. The molecule has 1 aliphatic rings. The normalized spacial score (nSPS) is 13.3. The third-order valence-corrected chi connectivity index (χ3v) is 16.2. The van der Waals surface area contributed by atoms with Crippen molar-refractivity contribution in [3.05, 3.63) is 257 Å². The average molecular weight is 1010 g/mol. The standard InChI is InChI=1S/C72H72N4O/c1-48(2)60-34-24-35-61(49(3)4)68(60)51-39-57(74-46-66(50-25-15-12-16-26-50)75(47-74)56-32-23-31-54(41-56)70(5,6)7)43-58(40-51)77-59-44-63(72(10,11)53-29-19-14-20-30-53)69-62-33-21-22-36-64(62)76(65(69)45-59)67-42-55(37-38-73-67)71(8,9)52-27-17-13-18-28-52/h12-46,48-49H,47H2,1-11H3. The lowest BCUT2D eigenvalue weighted by Gasteiger charge is -2.28. The lowest BCUT2D eigenvalue weighted by molar-refractivity contribution is 0.481. The summed E-state index contributed by atoms with van der Waals surface area (Å²) in [6, 6.07) is 73.0. The lowest BCUT2D eigenvalue weighted by atomic mass is 9.76. The zero-order valence-corrected chi connectivity index (χ0v) is 46.8. The zero-order chi connectivity index (χ0) is 53.8. The average Bonchev–Trinajstić information content (AvgIpc) is 4.27. The molecule has 0 aliphatic carbocycles. The first-order valence-corrected chi connectivity index (χ1v) is 27.5. The molecule has 0 spiro atoms. The Kier molecular flexibility index (Phi) is 13.3. The van der Waals surface area contributed by atoms with E-state index in [1.54, 1.807) is 0 Å². The smallest absolute Gasteiger partial charge is 0.137 e. The molecule has 0 saturated heterocycles.